The molecule has 0 aliphatic carbocycles. The number of aryl methyl sites for hydroxylation is 1. The molecule has 0 unspecified atom stereocenters. The standard InChI is InChI=1S/C11H16BrClN2/c1-8-4-10(14-5-9(8)12)15-7-11(2,3)6-13/h4-5H,6-7H2,1-3H3,(H,14,15). The van der Waals surface area contributed by atoms with Crippen molar-refractivity contribution >= 4 is 33.3 Å². The molecular weight excluding hydrogens is 275 g/mol. The minimum atomic E-state index is 0.0875. The predicted octanol–water partition coefficient (Wildman–Crippen LogP) is 3.83. The maximum atomic E-state index is 5.85. The second kappa shape index (κ2) is 5.17. The van der Waals surface area contributed by atoms with Gasteiger partial charge in [-0.3, -0.25) is 0 Å². The molecule has 1 heterocycles. The second-order valence-electron chi connectivity index (χ2n) is 4.47. The lowest BCUT2D eigenvalue weighted by molar-refractivity contribution is 0.449. The maximum Gasteiger partial charge on any atom is 0.126 e. The normalized spacial score (nSPS) is 11.5. The highest BCUT2D eigenvalue weighted by molar-refractivity contribution is 9.10. The summed E-state index contributed by atoms with van der Waals surface area (Å²) in [7, 11) is 0. The van der Waals surface area contributed by atoms with Crippen LogP contribution in [0.5, 0.6) is 0 Å². The summed E-state index contributed by atoms with van der Waals surface area (Å²) in [5, 5.41) is 3.29. The Hall–Kier alpha value is -0.280. The Kier molecular flexibility index (Phi) is 4.41. The van der Waals surface area contributed by atoms with Crippen LogP contribution in [0.15, 0.2) is 16.7 Å². The van der Waals surface area contributed by atoms with Crippen molar-refractivity contribution in [1.82, 2.24) is 4.98 Å². The number of hydrogen-bond acceptors (Lipinski definition) is 2. The highest BCUT2D eigenvalue weighted by atomic mass is 79.9. The summed E-state index contributed by atoms with van der Waals surface area (Å²) in [6.07, 6.45) is 1.81. The molecule has 0 saturated heterocycles. The Morgan fingerprint density at radius 1 is 1.53 bits per heavy atom. The molecule has 0 bridgehead atoms. The molecule has 1 aromatic rings. The van der Waals surface area contributed by atoms with Crippen molar-refractivity contribution in [2.75, 3.05) is 17.7 Å². The van der Waals surface area contributed by atoms with E-state index in [1.165, 1.54) is 5.56 Å². The minimum absolute atomic E-state index is 0.0875. The molecule has 4 heteroatoms. The average molecular weight is 292 g/mol. The second-order valence-corrected chi connectivity index (χ2v) is 5.59. The van der Waals surface area contributed by atoms with E-state index in [0.717, 1.165) is 16.8 Å². The summed E-state index contributed by atoms with van der Waals surface area (Å²) in [6, 6.07) is 2.02. The molecule has 0 atom stereocenters. The van der Waals surface area contributed by atoms with E-state index in [1.54, 1.807) is 0 Å². The summed E-state index contributed by atoms with van der Waals surface area (Å²) in [5.41, 5.74) is 1.26. The van der Waals surface area contributed by atoms with Gasteiger partial charge in [0.05, 0.1) is 0 Å². The highest BCUT2D eigenvalue weighted by Gasteiger charge is 2.15. The van der Waals surface area contributed by atoms with Gasteiger partial charge in [0.1, 0.15) is 5.82 Å². The van der Waals surface area contributed by atoms with Crippen molar-refractivity contribution in [3.63, 3.8) is 0 Å². The van der Waals surface area contributed by atoms with Crippen LogP contribution in [-0.4, -0.2) is 17.4 Å². The smallest absolute Gasteiger partial charge is 0.126 e. The van der Waals surface area contributed by atoms with Gasteiger partial charge in [0, 0.05) is 23.1 Å². The molecule has 15 heavy (non-hydrogen) atoms. The van der Waals surface area contributed by atoms with Gasteiger partial charge in [-0.2, -0.15) is 0 Å². The number of hydrogen-bond donors (Lipinski definition) is 1. The lowest BCUT2D eigenvalue weighted by Gasteiger charge is -2.22. The lowest BCUT2D eigenvalue weighted by Crippen LogP contribution is -2.25. The Morgan fingerprint density at radius 2 is 2.20 bits per heavy atom. The fourth-order valence-corrected chi connectivity index (χ4v) is 1.32. The minimum Gasteiger partial charge on any atom is -0.369 e. The summed E-state index contributed by atoms with van der Waals surface area (Å²) in [4.78, 5) is 4.28. The number of rotatable bonds is 4. The maximum absolute atomic E-state index is 5.85. The molecule has 0 aliphatic rings. The van der Waals surface area contributed by atoms with E-state index >= 15 is 0 Å². The van der Waals surface area contributed by atoms with Crippen LogP contribution in [0.3, 0.4) is 0 Å². The fourth-order valence-electron chi connectivity index (χ4n) is 1.01. The molecule has 1 rings (SSSR count). The monoisotopic (exact) mass is 290 g/mol. The van der Waals surface area contributed by atoms with Gasteiger partial charge in [0.25, 0.3) is 0 Å². The quantitative estimate of drug-likeness (QED) is 0.853. The molecule has 0 radical (unpaired) electrons. The number of alkyl halides is 1. The van der Waals surface area contributed by atoms with Crippen LogP contribution in [0.2, 0.25) is 0 Å². The summed E-state index contributed by atoms with van der Waals surface area (Å²) in [5.74, 6) is 1.53. The van der Waals surface area contributed by atoms with Crippen molar-refractivity contribution < 1.29 is 0 Å². The molecular formula is C11H16BrClN2. The van der Waals surface area contributed by atoms with E-state index in [2.05, 4.69) is 40.1 Å². The van der Waals surface area contributed by atoms with Crippen molar-refractivity contribution in [1.29, 1.82) is 0 Å². The SMILES string of the molecule is Cc1cc(NCC(C)(C)CCl)ncc1Br. The molecule has 1 aromatic heterocycles. The molecule has 1 N–H and O–H groups in total. The third-order valence-electron chi connectivity index (χ3n) is 2.16. The molecule has 0 saturated carbocycles. The van der Waals surface area contributed by atoms with Gasteiger partial charge < -0.3 is 5.32 Å². The van der Waals surface area contributed by atoms with Crippen molar-refractivity contribution in [2.24, 2.45) is 5.41 Å². The largest absolute Gasteiger partial charge is 0.369 e. The molecule has 0 spiro atoms. The van der Waals surface area contributed by atoms with E-state index in [1.807, 2.05) is 19.2 Å². The van der Waals surface area contributed by atoms with Gasteiger partial charge in [-0.15, -0.1) is 11.6 Å². The van der Waals surface area contributed by atoms with Gasteiger partial charge in [-0.05, 0) is 39.9 Å². The van der Waals surface area contributed by atoms with Crippen molar-refractivity contribution in [3.8, 4) is 0 Å². The molecule has 0 aromatic carbocycles. The zero-order valence-corrected chi connectivity index (χ0v) is 11.6. The van der Waals surface area contributed by atoms with Crippen LogP contribution in [0.1, 0.15) is 19.4 Å². The number of anilines is 1. The van der Waals surface area contributed by atoms with Crippen LogP contribution < -0.4 is 5.32 Å². The first-order valence-corrected chi connectivity index (χ1v) is 6.19. The summed E-state index contributed by atoms with van der Waals surface area (Å²) in [6.45, 7) is 7.12. The van der Waals surface area contributed by atoms with Crippen LogP contribution >= 0.6 is 27.5 Å². The first-order chi connectivity index (χ1) is 6.94. The Bertz CT molecular complexity index is 339. The van der Waals surface area contributed by atoms with Gasteiger partial charge in [-0.25, -0.2) is 4.98 Å². The fraction of sp³-hybridized carbons (Fsp3) is 0.545. The topological polar surface area (TPSA) is 24.9 Å². The molecule has 84 valence electrons. The number of nitrogens with zero attached hydrogens (tertiary/aromatic N) is 1. The third-order valence-corrected chi connectivity index (χ3v) is 3.71. The Morgan fingerprint density at radius 3 is 2.73 bits per heavy atom. The summed E-state index contributed by atoms with van der Waals surface area (Å²) >= 11 is 9.27. The van der Waals surface area contributed by atoms with Crippen molar-refractivity contribution in [2.45, 2.75) is 20.8 Å². The van der Waals surface area contributed by atoms with E-state index in [0.29, 0.717) is 5.88 Å². The van der Waals surface area contributed by atoms with Crippen LogP contribution in [0.25, 0.3) is 0 Å². The zero-order valence-electron chi connectivity index (χ0n) is 9.27. The van der Waals surface area contributed by atoms with Gasteiger partial charge in [0.15, 0.2) is 0 Å². The lowest BCUT2D eigenvalue weighted by atomic mass is 9.97. The van der Waals surface area contributed by atoms with Crippen LogP contribution in [0.4, 0.5) is 5.82 Å². The van der Waals surface area contributed by atoms with E-state index in [-0.39, 0.29) is 5.41 Å². The van der Waals surface area contributed by atoms with E-state index in [9.17, 15) is 0 Å². The first kappa shape index (κ1) is 12.8. The number of pyridine rings is 1. The highest BCUT2D eigenvalue weighted by Crippen LogP contribution is 2.20. The van der Waals surface area contributed by atoms with Crippen molar-refractivity contribution in [3.05, 3.63) is 22.3 Å². The number of aromatic nitrogens is 1. The number of nitrogens with one attached hydrogen (secondary N) is 1. The first-order valence-electron chi connectivity index (χ1n) is 4.86. The third kappa shape index (κ3) is 3.99. The van der Waals surface area contributed by atoms with Gasteiger partial charge in [0.2, 0.25) is 0 Å². The van der Waals surface area contributed by atoms with Crippen LogP contribution in [0, 0.1) is 12.3 Å². The van der Waals surface area contributed by atoms with Gasteiger partial charge in [-0.1, -0.05) is 13.8 Å². The number of halogens is 2. The zero-order chi connectivity index (χ0) is 11.5. The van der Waals surface area contributed by atoms with E-state index < -0.39 is 0 Å². The Labute approximate surface area is 105 Å². The van der Waals surface area contributed by atoms with Crippen LogP contribution in [-0.2, 0) is 0 Å². The van der Waals surface area contributed by atoms with E-state index in [4.69, 9.17) is 11.6 Å². The predicted molar refractivity (Wildman–Crippen MR) is 69.7 cm³/mol. The molecule has 0 fully saturated rings. The molecule has 0 amide bonds. The molecule has 0 aliphatic heterocycles. The average Bonchev–Trinajstić information content (AvgIpc) is 2.20. The molecule has 2 nitrogen and oxygen atoms in total. The van der Waals surface area contributed by atoms with Gasteiger partial charge >= 0.3 is 0 Å². The Balaban J connectivity index is 2.62. The summed E-state index contributed by atoms with van der Waals surface area (Å²) < 4.78 is 1.03.